The fourth-order valence-electron chi connectivity index (χ4n) is 4.11. The maximum absolute atomic E-state index is 14.2. The predicted molar refractivity (Wildman–Crippen MR) is 143 cm³/mol. The van der Waals surface area contributed by atoms with Gasteiger partial charge in [-0.15, -0.1) is 0 Å². The van der Waals surface area contributed by atoms with Crippen molar-refractivity contribution < 1.29 is 31.5 Å². The first-order valence-electron chi connectivity index (χ1n) is 11.8. The Hall–Kier alpha value is -3.64. The molecule has 1 aliphatic rings. The maximum Gasteiger partial charge on any atom is 0.257 e. The van der Waals surface area contributed by atoms with Crippen molar-refractivity contribution in [1.29, 1.82) is 0 Å². The number of ether oxygens (including phenoxy) is 1. The fraction of sp³-hybridized carbons (Fsp3) is 0.231. The van der Waals surface area contributed by atoms with Crippen LogP contribution >= 0.6 is 23.8 Å². The molecule has 1 saturated heterocycles. The van der Waals surface area contributed by atoms with Gasteiger partial charge in [0.15, 0.2) is 28.4 Å². The SMILES string of the molecule is CCOc1cccc(C(=O)NC(=S)Nc2ccc(N3CCN(c4c(F)c(F)c(F)c(F)c4F)CC3)c(Cl)c2)c1. The highest BCUT2D eigenvalue weighted by atomic mass is 35.5. The molecular weight excluding hydrogens is 563 g/mol. The molecule has 1 amide bonds. The van der Waals surface area contributed by atoms with Crippen LogP contribution < -0.4 is 25.2 Å². The Morgan fingerprint density at radius 3 is 2.15 bits per heavy atom. The Morgan fingerprint density at radius 2 is 1.54 bits per heavy atom. The van der Waals surface area contributed by atoms with E-state index < -0.39 is 40.7 Å². The third-order valence-corrected chi connectivity index (χ3v) is 6.47. The van der Waals surface area contributed by atoms with E-state index in [0.717, 1.165) is 4.90 Å². The zero-order valence-corrected chi connectivity index (χ0v) is 22.0. The summed E-state index contributed by atoms with van der Waals surface area (Å²) in [5.74, 6) is -9.75. The van der Waals surface area contributed by atoms with Crippen LogP contribution in [0.2, 0.25) is 5.02 Å². The zero-order valence-electron chi connectivity index (χ0n) is 20.5. The number of halogens is 6. The number of piperazine rings is 1. The lowest BCUT2D eigenvalue weighted by Gasteiger charge is -2.38. The third-order valence-electron chi connectivity index (χ3n) is 5.96. The van der Waals surface area contributed by atoms with Crippen molar-refractivity contribution in [2.45, 2.75) is 6.92 Å². The Kier molecular flexibility index (Phi) is 8.76. The summed E-state index contributed by atoms with van der Waals surface area (Å²) < 4.78 is 74.4. The van der Waals surface area contributed by atoms with Crippen molar-refractivity contribution >= 4 is 51.9 Å². The number of thiocarbonyl (C=S) groups is 1. The van der Waals surface area contributed by atoms with Crippen molar-refractivity contribution in [2.75, 3.05) is 47.9 Å². The van der Waals surface area contributed by atoms with Crippen LogP contribution in [0.3, 0.4) is 0 Å². The Labute approximate surface area is 231 Å². The molecule has 206 valence electrons. The second kappa shape index (κ2) is 12.0. The third kappa shape index (κ3) is 6.17. The molecule has 6 nitrogen and oxygen atoms in total. The summed E-state index contributed by atoms with van der Waals surface area (Å²) in [6, 6.07) is 11.6. The molecule has 3 aromatic carbocycles. The van der Waals surface area contributed by atoms with Gasteiger partial charge in [0.1, 0.15) is 11.4 Å². The fourth-order valence-corrected chi connectivity index (χ4v) is 4.63. The van der Waals surface area contributed by atoms with Gasteiger partial charge in [-0.2, -0.15) is 0 Å². The first kappa shape index (κ1) is 28.4. The molecule has 39 heavy (non-hydrogen) atoms. The first-order chi connectivity index (χ1) is 18.6. The second-order valence-electron chi connectivity index (χ2n) is 8.43. The van der Waals surface area contributed by atoms with Crippen molar-refractivity contribution in [1.82, 2.24) is 5.32 Å². The van der Waals surface area contributed by atoms with E-state index in [0.29, 0.717) is 34.3 Å². The van der Waals surface area contributed by atoms with E-state index in [1.54, 1.807) is 42.5 Å². The number of benzene rings is 3. The highest BCUT2D eigenvalue weighted by molar-refractivity contribution is 7.80. The van der Waals surface area contributed by atoms with Crippen LogP contribution in [0, 0.1) is 29.1 Å². The first-order valence-corrected chi connectivity index (χ1v) is 12.5. The molecule has 1 aliphatic heterocycles. The standard InChI is InChI=1S/C26H22ClF5N4O2S/c1-2-38-16-5-3-4-14(12-16)25(37)34-26(39)33-15-6-7-18(17(27)13-15)35-8-10-36(11-9-35)24-22(31)20(29)19(28)21(30)23(24)32/h3-7,12-13H,2,8-11H2,1H3,(H2,33,34,37,39). The van der Waals surface area contributed by atoms with Crippen LogP contribution in [0.15, 0.2) is 42.5 Å². The van der Waals surface area contributed by atoms with Gasteiger partial charge in [-0.3, -0.25) is 10.1 Å². The molecule has 4 rings (SSSR count). The molecule has 2 N–H and O–H groups in total. The van der Waals surface area contributed by atoms with Crippen LogP contribution in [-0.4, -0.2) is 43.8 Å². The van der Waals surface area contributed by atoms with Crippen LogP contribution in [0.4, 0.5) is 39.0 Å². The second-order valence-corrected chi connectivity index (χ2v) is 9.24. The number of rotatable bonds is 6. The molecule has 0 unspecified atom stereocenters. The van der Waals surface area contributed by atoms with Gasteiger partial charge in [-0.05, 0) is 55.5 Å². The number of carbonyl (C=O) groups excluding carboxylic acids is 1. The largest absolute Gasteiger partial charge is 0.494 e. The molecule has 0 aliphatic carbocycles. The van der Waals surface area contributed by atoms with Gasteiger partial charge in [-0.1, -0.05) is 17.7 Å². The lowest BCUT2D eigenvalue weighted by Crippen LogP contribution is -2.47. The Balaban J connectivity index is 1.38. The smallest absolute Gasteiger partial charge is 0.257 e. The molecule has 1 fully saturated rings. The summed E-state index contributed by atoms with van der Waals surface area (Å²) in [6.45, 7) is 2.71. The van der Waals surface area contributed by atoms with Crippen LogP contribution in [0.1, 0.15) is 17.3 Å². The molecule has 0 aromatic heterocycles. The molecule has 0 atom stereocenters. The summed E-state index contributed by atoms with van der Waals surface area (Å²) in [6.07, 6.45) is 0. The van der Waals surface area contributed by atoms with Gasteiger partial charge in [0.05, 0.1) is 17.3 Å². The molecule has 13 heteroatoms. The Morgan fingerprint density at radius 1 is 0.923 bits per heavy atom. The van der Waals surface area contributed by atoms with Gasteiger partial charge in [-0.25, -0.2) is 22.0 Å². The van der Waals surface area contributed by atoms with E-state index in [-0.39, 0.29) is 31.3 Å². The monoisotopic (exact) mass is 584 g/mol. The molecule has 1 heterocycles. The minimum atomic E-state index is -2.19. The molecule has 0 radical (unpaired) electrons. The summed E-state index contributed by atoms with van der Waals surface area (Å²) in [4.78, 5) is 15.4. The van der Waals surface area contributed by atoms with Gasteiger partial charge in [0.2, 0.25) is 5.82 Å². The highest BCUT2D eigenvalue weighted by Crippen LogP contribution is 2.33. The molecular formula is C26H22ClF5N4O2S. The summed E-state index contributed by atoms with van der Waals surface area (Å²) >= 11 is 11.7. The number of carbonyl (C=O) groups is 1. The minimum Gasteiger partial charge on any atom is -0.494 e. The van der Waals surface area contributed by atoms with E-state index in [4.69, 9.17) is 28.6 Å². The molecule has 3 aromatic rings. The normalized spacial score (nSPS) is 13.3. The predicted octanol–water partition coefficient (Wildman–Crippen LogP) is 5.89. The van der Waals surface area contributed by atoms with E-state index in [2.05, 4.69) is 10.6 Å². The van der Waals surface area contributed by atoms with Crippen molar-refractivity contribution in [2.24, 2.45) is 0 Å². The zero-order chi connectivity index (χ0) is 28.3. The van der Waals surface area contributed by atoms with Gasteiger partial charge < -0.3 is 19.9 Å². The van der Waals surface area contributed by atoms with Crippen LogP contribution in [0.5, 0.6) is 5.75 Å². The van der Waals surface area contributed by atoms with Gasteiger partial charge in [0, 0.05) is 37.4 Å². The quantitative estimate of drug-likeness (QED) is 0.163. The molecule has 0 bridgehead atoms. The average Bonchev–Trinajstić information content (AvgIpc) is 2.92. The highest BCUT2D eigenvalue weighted by Gasteiger charge is 2.31. The Bertz CT molecular complexity index is 1390. The number of hydrogen-bond acceptors (Lipinski definition) is 5. The van der Waals surface area contributed by atoms with Crippen molar-refractivity contribution in [3.8, 4) is 5.75 Å². The van der Waals surface area contributed by atoms with E-state index in [1.165, 1.54) is 0 Å². The average molecular weight is 585 g/mol. The van der Waals surface area contributed by atoms with Gasteiger partial charge >= 0.3 is 0 Å². The topological polar surface area (TPSA) is 56.8 Å². The van der Waals surface area contributed by atoms with Gasteiger partial charge in [0.25, 0.3) is 5.91 Å². The number of hydrogen-bond donors (Lipinski definition) is 2. The summed E-state index contributed by atoms with van der Waals surface area (Å²) in [7, 11) is 0. The maximum atomic E-state index is 14.2. The molecule has 0 spiro atoms. The van der Waals surface area contributed by atoms with E-state index in [9.17, 15) is 26.7 Å². The number of nitrogens with zero attached hydrogens (tertiary/aromatic N) is 2. The van der Waals surface area contributed by atoms with Crippen LogP contribution in [-0.2, 0) is 0 Å². The lowest BCUT2D eigenvalue weighted by molar-refractivity contribution is 0.0977. The van der Waals surface area contributed by atoms with E-state index in [1.807, 2.05) is 11.8 Å². The summed E-state index contributed by atoms with van der Waals surface area (Å²) in [5, 5.41) is 5.83. The van der Waals surface area contributed by atoms with Crippen molar-refractivity contribution in [3.63, 3.8) is 0 Å². The van der Waals surface area contributed by atoms with E-state index >= 15 is 0 Å². The van der Waals surface area contributed by atoms with Crippen LogP contribution in [0.25, 0.3) is 0 Å². The summed E-state index contributed by atoms with van der Waals surface area (Å²) in [5.41, 5.74) is 0.513. The number of nitrogens with one attached hydrogen (secondary N) is 2. The number of amides is 1. The molecule has 0 saturated carbocycles. The lowest BCUT2D eigenvalue weighted by atomic mass is 10.2. The number of anilines is 3. The van der Waals surface area contributed by atoms with Crippen molar-refractivity contribution in [3.05, 3.63) is 82.1 Å². The minimum absolute atomic E-state index is 0.00467.